The predicted octanol–water partition coefficient (Wildman–Crippen LogP) is 4.06. The van der Waals surface area contributed by atoms with Crippen molar-refractivity contribution >= 4 is 23.2 Å². The average molecular weight is 362 g/mol. The molecular formula is C21H18N2O4. The summed E-state index contributed by atoms with van der Waals surface area (Å²) in [4.78, 5) is 24.2. The second-order valence-corrected chi connectivity index (χ2v) is 5.55. The molecule has 0 aliphatic carbocycles. The SMILES string of the molecule is COc1ccccc1NC(=O)C(=O)Nc1ccc(Oc2ccccc2)cc1. The van der Waals surface area contributed by atoms with Gasteiger partial charge in [0.25, 0.3) is 0 Å². The van der Waals surface area contributed by atoms with Crippen LogP contribution in [0.25, 0.3) is 0 Å². The van der Waals surface area contributed by atoms with E-state index >= 15 is 0 Å². The Balaban J connectivity index is 1.59. The molecule has 3 rings (SSSR count). The van der Waals surface area contributed by atoms with Crippen molar-refractivity contribution in [3.63, 3.8) is 0 Å². The van der Waals surface area contributed by atoms with Crippen molar-refractivity contribution in [2.24, 2.45) is 0 Å². The van der Waals surface area contributed by atoms with Crippen molar-refractivity contribution in [2.45, 2.75) is 0 Å². The lowest BCUT2D eigenvalue weighted by Gasteiger charge is -2.10. The minimum atomic E-state index is -0.788. The van der Waals surface area contributed by atoms with Crippen LogP contribution >= 0.6 is 0 Å². The molecule has 3 aromatic rings. The molecule has 6 heteroatoms. The summed E-state index contributed by atoms with van der Waals surface area (Å²) >= 11 is 0. The number of anilines is 2. The number of benzene rings is 3. The number of carbonyl (C=O) groups is 2. The number of hydrogen-bond acceptors (Lipinski definition) is 4. The quantitative estimate of drug-likeness (QED) is 0.671. The van der Waals surface area contributed by atoms with Crippen LogP contribution in [0.3, 0.4) is 0 Å². The zero-order chi connectivity index (χ0) is 19.1. The summed E-state index contributed by atoms with van der Waals surface area (Å²) in [5.74, 6) is 0.242. The van der Waals surface area contributed by atoms with E-state index in [1.807, 2.05) is 30.3 Å². The van der Waals surface area contributed by atoms with Gasteiger partial charge in [0, 0.05) is 5.69 Å². The van der Waals surface area contributed by atoms with E-state index < -0.39 is 11.8 Å². The highest BCUT2D eigenvalue weighted by Gasteiger charge is 2.15. The van der Waals surface area contributed by atoms with Gasteiger partial charge in [0.1, 0.15) is 17.2 Å². The molecule has 0 saturated heterocycles. The molecule has 0 radical (unpaired) electrons. The standard InChI is InChI=1S/C21H18N2O4/c1-26-19-10-6-5-9-18(19)23-21(25)20(24)22-15-11-13-17(14-12-15)27-16-7-3-2-4-8-16/h2-14H,1H3,(H,22,24)(H,23,25). The van der Waals surface area contributed by atoms with Crippen LogP contribution in [-0.4, -0.2) is 18.9 Å². The van der Waals surface area contributed by atoms with Gasteiger partial charge in [-0.3, -0.25) is 9.59 Å². The van der Waals surface area contributed by atoms with Crippen LogP contribution in [0.15, 0.2) is 78.9 Å². The van der Waals surface area contributed by atoms with Gasteiger partial charge in [0.15, 0.2) is 0 Å². The molecule has 6 nitrogen and oxygen atoms in total. The third-order valence-electron chi connectivity index (χ3n) is 3.65. The van der Waals surface area contributed by atoms with E-state index in [0.717, 1.165) is 0 Å². The first-order valence-corrected chi connectivity index (χ1v) is 8.24. The molecule has 0 aliphatic heterocycles. The smallest absolute Gasteiger partial charge is 0.314 e. The topological polar surface area (TPSA) is 76.7 Å². The molecule has 0 saturated carbocycles. The number of para-hydroxylation sites is 3. The van der Waals surface area contributed by atoms with Gasteiger partial charge in [-0.25, -0.2) is 0 Å². The molecule has 0 aromatic heterocycles. The monoisotopic (exact) mass is 362 g/mol. The van der Waals surface area contributed by atoms with Gasteiger partial charge < -0.3 is 20.1 Å². The Bertz CT molecular complexity index is 924. The number of ether oxygens (including phenoxy) is 2. The maximum Gasteiger partial charge on any atom is 0.314 e. The third kappa shape index (κ3) is 4.85. The van der Waals surface area contributed by atoms with Gasteiger partial charge in [-0.2, -0.15) is 0 Å². The van der Waals surface area contributed by atoms with Gasteiger partial charge in [-0.05, 0) is 48.5 Å². The molecule has 0 heterocycles. The summed E-state index contributed by atoms with van der Waals surface area (Å²) in [5.41, 5.74) is 0.905. The number of carbonyl (C=O) groups excluding carboxylic acids is 2. The summed E-state index contributed by atoms with van der Waals surface area (Å²) in [6.07, 6.45) is 0. The summed E-state index contributed by atoms with van der Waals surface area (Å²) < 4.78 is 10.8. The highest BCUT2D eigenvalue weighted by Crippen LogP contribution is 2.24. The molecule has 0 bridgehead atoms. The Morgan fingerprint density at radius 1 is 0.704 bits per heavy atom. The number of hydrogen-bond donors (Lipinski definition) is 2. The van der Waals surface area contributed by atoms with E-state index in [1.165, 1.54) is 7.11 Å². The Morgan fingerprint density at radius 3 is 2.00 bits per heavy atom. The maximum atomic E-state index is 12.1. The zero-order valence-corrected chi connectivity index (χ0v) is 14.6. The lowest BCUT2D eigenvalue weighted by Crippen LogP contribution is -2.29. The Kier molecular flexibility index (Phi) is 5.69. The van der Waals surface area contributed by atoms with Gasteiger partial charge in [-0.1, -0.05) is 30.3 Å². The molecular weight excluding hydrogens is 344 g/mol. The molecule has 0 aliphatic rings. The van der Waals surface area contributed by atoms with E-state index in [2.05, 4.69) is 10.6 Å². The van der Waals surface area contributed by atoms with E-state index in [-0.39, 0.29) is 0 Å². The Hall–Kier alpha value is -3.80. The number of methoxy groups -OCH3 is 1. The molecule has 3 aromatic carbocycles. The summed E-state index contributed by atoms with van der Waals surface area (Å²) in [7, 11) is 1.49. The van der Waals surface area contributed by atoms with E-state index in [0.29, 0.717) is 28.6 Å². The van der Waals surface area contributed by atoms with Crippen LogP contribution in [0.4, 0.5) is 11.4 Å². The predicted molar refractivity (Wildman–Crippen MR) is 103 cm³/mol. The third-order valence-corrected chi connectivity index (χ3v) is 3.65. The number of nitrogens with one attached hydrogen (secondary N) is 2. The molecule has 0 atom stereocenters. The maximum absolute atomic E-state index is 12.1. The molecule has 136 valence electrons. The minimum Gasteiger partial charge on any atom is -0.495 e. The summed E-state index contributed by atoms with van der Waals surface area (Å²) in [6.45, 7) is 0. The van der Waals surface area contributed by atoms with E-state index in [9.17, 15) is 9.59 Å². The second-order valence-electron chi connectivity index (χ2n) is 5.55. The van der Waals surface area contributed by atoms with Crippen LogP contribution in [0.5, 0.6) is 17.2 Å². The molecule has 2 N–H and O–H groups in total. The number of rotatable bonds is 5. The Labute approximate surface area is 156 Å². The fourth-order valence-electron chi connectivity index (χ4n) is 2.35. The number of amides is 2. The first-order chi connectivity index (χ1) is 13.2. The van der Waals surface area contributed by atoms with Crippen LogP contribution in [0, 0.1) is 0 Å². The first-order valence-electron chi connectivity index (χ1n) is 8.24. The van der Waals surface area contributed by atoms with Crippen LogP contribution in [0.1, 0.15) is 0 Å². The molecule has 2 amide bonds. The van der Waals surface area contributed by atoms with Gasteiger partial charge in [-0.15, -0.1) is 0 Å². The summed E-state index contributed by atoms with van der Waals surface area (Å²) in [5, 5.41) is 5.07. The minimum absolute atomic E-state index is 0.423. The molecule has 0 unspecified atom stereocenters. The molecule has 0 spiro atoms. The van der Waals surface area contributed by atoms with E-state index in [4.69, 9.17) is 9.47 Å². The Morgan fingerprint density at radius 2 is 1.30 bits per heavy atom. The molecule has 27 heavy (non-hydrogen) atoms. The van der Waals surface area contributed by atoms with Crippen molar-refractivity contribution < 1.29 is 19.1 Å². The van der Waals surface area contributed by atoms with Gasteiger partial charge >= 0.3 is 11.8 Å². The summed E-state index contributed by atoms with van der Waals surface area (Å²) in [6, 6.07) is 22.9. The van der Waals surface area contributed by atoms with Gasteiger partial charge in [0.2, 0.25) is 0 Å². The fraction of sp³-hybridized carbons (Fsp3) is 0.0476. The first kappa shape index (κ1) is 18.0. The van der Waals surface area contributed by atoms with Crippen LogP contribution in [-0.2, 0) is 9.59 Å². The molecule has 0 fully saturated rings. The highest BCUT2D eigenvalue weighted by atomic mass is 16.5. The van der Waals surface area contributed by atoms with Gasteiger partial charge in [0.05, 0.1) is 12.8 Å². The van der Waals surface area contributed by atoms with Crippen molar-refractivity contribution in [1.82, 2.24) is 0 Å². The largest absolute Gasteiger partial charge is 0.495 e. The van der Waals surface area contributed by atoms with Crippen LogP contribution in [0.2, 0.25) is 0 Å². The van der Waals surface area contributed by atoms with Crippen molar-refractivity contribution in [1.29, 1.82) is 0 Å². The highest BCUT2D eigenvalue weighted by molar-refractivity contribution is 6.43. The van der Waals surface area contributed by atoms with Crippen LogP contribution < -0.4 is 20.1 Å². The normalized spacial score (nSPS) is 9.96. The second kappa shape index (κ2) is 8.53. The van der Waals surface area contributed by atoms with Crippen molar-refractivity contribution in [3.8, 4) is 17.2 Å². The van der Waals surface area contributed by atoms with Crippen molar-refractivity contribution in [3.05, 3.63) is 78.9 Å². The van der Waals surface area contributed by atoms with E-state index in [1.54, 1.807) is 48.5 Å². The lowest BCUT2D eigenvalue weighted by molar-refractivity contribution is -0.133. The average Bonchev–Trinajstić information content (AvgIpc) is 2.70. The van der Waals surface area contributed by atoms with Crippen molar-refractivity contribution in [2.75, 3.05) is 17.7 Å². The fourth-order valence-corrected chi connectivity index (χ4v) is 2.35. The zero-order valence-electron chi connectivity index (χ0n) is 14.6. The lowest BCUT2D eigenvalue weighted by atomic mass is 10.2.